The van der Waals surface area contributed by atoms with Gasteiger partial charge in [-0.3, -0.25) is 14.8 Å². The lowest BCUT2D eigenvalue weighted by Gasteiger charge is -2.34. The second-order valence-electron chi connectivity index (χ2n) is 19.3. The Hall–Kier alpha value is -4.70. The lowest BCUT2D eigenvalue weighted by molar-refractivity contribution is -0.00747. The van der Waals surface area contributed by atoms with Crippen molar-refractivity contribution in [2.75, 3.05) is 19.8 Å². The van der Waals surface area contributed by atoms with Crippen molar-refractivity contribution in [1.29, 1.82) is 0 Å². The van der Waals surface area contributed by atoms with Crippen LogP contribution in [0.15, 0.2) is 65.9 Å². The van der Waals surface area contributed by atoms with E-state index in [0.29, 0.717) is 25.5 Å². The molecule has 5 heterocycles. The molecule has 300 valence electrons. The standard InChI is InChI=1S/C47H57N5O5/c1-45(2,3)56-43(53)51-27-47(16-9-17-55-28-47)24-41(51)37-22-36(25-48-37)31-13-12-29-19-35-21-32(15-14-30(35)18-34(29)20-31)38-26-49-42(50-38)40-23-33-10-7-8-11-39(33)52(40)44(54)57-46(4,5)6/h12-15,18-21,25-26,33,39-41H,7-11,16-17,22-24,27-28H2,1-6H3,(H,49,50)/t33-,39-,40-,41-,47-/m0/s1. The first-order valence-corrected chi connectivity index (χ1v) is 21.1. The van der Waals surface area contributed by atoms with E-state index in [1.165, 1.54) is 17.2 Å². The normalized spacial score (nSPS) is 26.6. The average molecular weight is 772 g/mol. The van der Waals surface area contributed by atoms with Gasteiger partial charge in [0.05, 0.1) is 30.6 Å². The summed E-state index contributed by atoms with van der Waals surface area (Å²) in [6, 6.07) is 17.7. The molecule has 2 amide bonds. The highest BCUT2D eigenvalue weighted by Gasteiger charge is 2.50. The minimum absolute atomic E-state index is 0.0494. The summed E-state index contributed by atoms with van der Waals surface area (Å²) >= 11 is 0. The van der Waals surface area contributed by atoms with E-state index in [1.807, 2.05) is 63.7 Å². The summed E-state index contributed by atoms with van der Waals surface area (Å²) in [5.41, 5.74) is 4.16. The zero-order valence-electron chi connectivity index (χ0n) is 34.4. The number of carbonyl (C=O) groups excluding carboxylic acids is 2. The fourth-order valence-corrected chi connectivity index (χ4v) is 10.2. The topological polar surface area (TPSA) is 109 Å². The summed E-state index contributed by atoms with van der Waals surface area (Å²) in [5.74, 6) is 1.31. The number of H-pyrrole nitrogens is 1. The molecule has 4 fully saturated rings. The summed E-state index contributed by atoms with van der Waals surface area (Å²) < 4.78 is 17.8. The molecule has 1 aliphatic carbocycles. The number of hydrogen-bond donors (Lipinski definition) is 1. The predicted octanol–water partition coefficient (Wildman–Crippen LogP) is 10.6. The van der Waals surface area contributed by atoms with Crippen LogP contribution >= 0.6 is 0 Å². The van der Waals surface area contributed by atoms with Gasteiger partial charge in [-0.25, -0.2) is 14.6 Å². The molecule has 4 aliphatic heterocycles. The van der Waals surface area contributed by atoms with Crippen LogP contribution in [0.3, 0.4) is 0 Å². The molecule has 0 unspecified atom stereocenters. The Morgan fingerprint density at radius 1 is 0.842 bits per heavy atom. The number of nitrogens with zero attached hydrogens (tertiary/aromatic N) is 4. The lowest BCUT2D eigenvalue weighted by Crippen LogP contribution is -2.44. The molecule has 1 saturated carbocycles. The summed E-state index contributed by atoms with van der Waals surface area (Å²) in [6.45, 7) is 13.7. The third-order valence-corrected chi connectivity index (χ3v) is 12.8. The molecule has 4 aromatic rings. The third kappa shape index (κ3) is 7.57. The van der Waals surface area contributed by atoms with Crippen molar-refractivity contribution < 1.29 is 23.8 Å². The second-order valence-corrected chi connectivity index (χ2v) is 19.3. The Balaban J connectivity index is 0.925. The Labute approximate surface area is 336 Å². The van der Waals surface area contributed by atoms with Crippen LogP contribution in [0.2, 0.25) is 0 Å². The van der Waals surface area contributed by atoms with Gasteiger partial charge in [0.2, 0.25) is 0 Å². The molecule has 0 bridgehead atoms. The SMILES string of the molecule is CC(C)(C)OC(=O)N1C[C@]2(CCCOC2)C[C@H]1C1=NC=C(c2ccc3cc4cc(-c5cnc([C@@H]6C[C@@H]7CCCC[C@@H]7N6C(=O)OC(C)(C)C)[nH]5)ccc4cc3c2)C1. The fourth-order valence-electron chi connectivity index (χ4n) is 10.2. The number of fused-ring (bicyclic) bond motifs is 3. The average Bonchev–Trinajstić information content (AvgIpc) is 3.97. The number of amides is 2. The van der Waals surface area contributed by atoms with E-state index >= 15 is 0 Å². The van der Waals surface area contributed by atoms with Gasteiger partial charge in [0.25, 0.3) is 0 Å². The highest BCUT2D eigenvalue weighted by Crippen LogP contribution is 2.47. The van der Waals surface area contributed by atoms with Crippen molar-refractivity contribution in [3.05, 3.63) is 72.3 Å². The van der Waals surface area contributed by atoms with Gasteiger partial charge in [0.1, 0.15) is 17.0 Å². The van der Waals surface area contributed by atoms with E-state index in [2.05, 4.69) is 53.5 Å². The number of hydrogen-bond acceptors (Lipinski definition) is 7. The smallest absolute Gasteiger partial charge is 0.411 e. The number of likely N-dealkylation sites (tertiary alicyclic amines) is 2. The molecule has 3 saturated heterocycles. The van der Waals surface area contributed by atoms with Gasteiger partial charge >= 0.3 is 12.2 Å². The van der Waals surface area contributed by atoms with Crippen LogP contribution in [-0.4, -0.2) is 80.7 Å². The molecule has 57 heavy (non-hydrogen) atoms. The van der Waals surface area contributed by atoms with E-state index < -0.39 is 11.2 Å². The summed E-state index contributed by atoms with van der Waals surface area (Å²) in [4.78, 5) is 44.4. The fraction of sp³-hybridized carbons (Fsp3) is 0.532. The van der Waals surface area contributed by atoms with Crippen molar-refractivity contribution in [2.45, 2.75) is 129 Å². The van der Waals surface area contributed by atoms with E-state index in [1.54, 1.807) is 0 Å². The maximum Gasteiger partial charge on any atom is 0.411 e. The van der Waals surface area contributed by atoms with Gasteiger partial charge in [-0.2, -0.15) is 0 Å². The van der Waals surface area contributed by atoms with E-state index in [4.69, 9.17) is 24.2 Å². The molecule has 1 aromatic heterocycles. The molecule has 5 atom stereocenters. The summed E-state index contributed by atoms with van der Waals surface area (Å²) in [7, 11) is 0. The summed E-state index contributed by atoms with van der Waals surface area (Å²) in [6.07, 6.45) is 12.4. The number of imidazole rings is 1. The number of nitrogens with one attached hydrogen (secondary N) is 1. The quantitative estimate of drug-likeness (QED) is 0.207. The van der Waals surface area contributed by atoms with Crippen molar-refractivity contribution in [1.82, 2.24) is 19.8 Å². The van der Waals surface area contributed by atoms with Crippen molar-refractivity contribution in [2.24, 2.45) is 16.3 Å². The number of carbonyl (C=O) groups is 2. The molecule has 5 aliphatic rings. The number of ether oxygens (including phenoxy) is 3. The molecule has 0 radical (unpaired) electrons. The van der Waals surface area contributed by atoms with Crippen LogP contribution in [0.1, 0.15) is 117 Å². The number of aromatic nitrogens is 2. The van der Waals surface area contributed by atoms with Crippen LogP contribution in [0.25, 0.3) is 38.4 Å². The Bertz CT molecular complexity index is 2270. The van der Waals surface area contributed by atoms with Gasteiger partial charge in [0.15, 0.2) is 0 Å². The van der Waals surface area contributed by atoms with Crippen LogP contribution in [-0.2, 0) is 14.2 Å². The second kappa shape index (κ2) is 14.3. The zero-order chi connectivity index (χ0) is 39.7. The van der Waals surface area contributed by atoms with Crippen LogP contribution < -0.4 is 0 Å². The van der Waals surface area contributed by atoms with E-state index in [0.717, 1.165) is 96.3 Å². The highest BCUT2D eigenvalue weighted by molar-refractivity contribution is 6.05. The lowest BCUT2D eigenvalue weighted by atomic mass is 9.79. The number of allylic oxidation sites excluding steroid dienone is 1. The van der Waals surface area contributed by atoms with E-state index in [-0.39, 0.29) is 35.7 Å². The molecule has 9 rings (SSSR count). The Kier molecular flexibility index (Phi) is 9.49. The first kappa shape index (κ1) is 37.9. The molecule has 10 heteroatoms. The number of benzene rings is 3. The van der Waals surface area contributed by atoms with Gasteiger partial charge in [-0.05, 0) is 143 Å². The van der Waals surface area contributed by atoms with Crippen molar-refractivity contribution >= 4 is 45.0 Å². The Morgan fingerprint density at radius 2 is 1.54 bits per heavy atom. The van der Waals surface area contributed by atoms with Gasteiger partial charge in [0, 0.05) is 48.5 Å². The van der Waals surface area contributed by atoms with Gasteiger partial charge in [-0.15, -0.1) is 0 Å². The van der Waals surface area contributed by atoms with Crippen molar-refractivity contribution in [3.8, 4) is 11.3 Å². The summed E-state index contributed by atoms with van der Waals surface area (Å²) in [5, 5.41) is 4.66. The van der Waals surface area contributed by atoms with Crippen molar-refractivity contribution in [3.63, 3.8) is 0 Å². The zero-order valence-corrected chi connectivity index (χ0v) is 34.4. The minimum Gasteiger partial charge on any atom is -0.444 e. The molecule has 1 N–H and O–H groups in total. The number of rotatable bonds is 4. The van der Waals surface area contributed by atoms with Crippen LogP contribution in [0.5, 0.6) is 0 Å². The molecule has 10 nitrogen and oxygen atoms in total. The van der Waals surface area contributed by atoms with Crippen LogP contribution in [0.4, 0.5) is 9.59 Å². The van der Waals surface area contributed by atoms with Gasteiger partial charge < -0.3 is 19.2 Å². The molecule has 3 aromatic carbocycles. The molecular formula is C47H57N5O5. The maximum absolute atomic E-state index is 13.6. The monoisotopic (exact) mass is 771 g/mol. The number of aliphatic imine (C=N–C) groups is 1. The highest BCUT2D eigenvalue weighted by atomic mass is 16.6. The Morgan fingerprint density at radius 3 is 2.26 bits per heavy atom. The first-order chi connectivity index (χ1) is 27.2. The molecular weight excluding hydrogens is 715 g/mol. The number of aromatic amines is 1. The van der Waals surface area contributed by atoms with E-state index in [9.17, 15) is 9.59 Å². The van der Waals surface area contributed by atoms with Crippen LogP contribution in [0, 0.1) is 11.3 Å². The predicted molar refractivity (Wildman–Crippen MR) is 224 cm³/mol. The largest absolute Gasteiger partial charge is 0.444 e. The minimum atomic E-state index is -0.568. The first-order valence-electron chi connectivity index (χ1n) is 21.1. The third-order valence-electron chi connectivity index (χ3n) is 12.8. The maximum atomic E-state index is 13.6. The van der Waals surface area contributed by atoms with Gasteiger partial charge in [-0.1, -0.05) is 37.1 Å². The molecule has 1 spiro atoms.